The molecule has 1 aromatic carbocycles. The largest absolute Gasteiger partial charge is 0.247 e. The predicted octanol–water partition coefficient (Wildman–Crippen LogP) is 0.105. The number of rotatable bonds is 6. The van der Waals surface area contributed by atoms with Crippen LogP contribution in [0.3, 0.4) is 0 Å². The van der Waals surface area contributed by atoms with E-state index in [1.54, 1.807) is 30.0 Å². The number of halogens is 1. The second-order valence-corrected chi connectivity index (χ2v) is 8.94. The fourth-order valence-electron chi connectivity index (χ4n) is 1.76. The van der Waals surface area contributed by atoms with Crippen LogP contribution in [0, 0.1) is 10.2 Å². The fraction of sp³-hybridized carbons (Fsp3) is 0.364. The second-order valence-electron chi connectivity index (χ2n) is 3.77. The molecule has 1 aromatic rings. The molecular formula is C11H14ClNO4S2. The van der Waals surface area contributed by atoms with Crippen molar-refractivity contribution < 1.29 is 28.0 Å². The van der Waals surface area contributed by atoms with E-state index in [0.717, 1.165) is 11.5 Å². The molecule has 0 bridgehead atoms. The van der Waals surface area contributed by atoms with Gasteiger partial charge in [0, 0.05) is 11.5 Å². The molecule has 0 amide bonds. The van der Waals surface area contributed by atoms with Crippen molar-refractivity contribution in [1.82, 2.24) is 0 Å². The Morgan fingerprint density at radius 2 is 2.05 bits per heavy atom. The summed E-state index contributed by atoms with van der Waals surface area (Å²) in [7, 11) is -6.75. The molecule has 1 atom stereocenters. The van der Waals surface area contributed by atoms with Gasteiger partial charge in [-0.2, -0.15) is 25.7 Å². The molecule has 19 heavy (non-hydrogen) atoms. The Kier molecular flexibility index (Phi) is 4.78. The lowest BCUT2D eigenvalue weighted by atomic mass is 10.3. The van der Waals surface area contributed by atoms with Crippen LogP contribution in [0.5, 0.6) is 0 Å². The van der Waals surface area contributed by atoms with Crippen LogP contribution >= 0.6 is 22.1 Å². The molecule has 0 radical (unpaired) electrons. The summed E-state index contributed by atoms with van der Waals surface area (Å²) < 4.78 is 37.8. The molecule has 0 saturated carbocycles. The van der Waals surface area contributed by atoms with Gasteiger partial charge in [0.2, 0.25) is 0 Å². The van der Waals surface area contributed by atoms with Crippen molar-refractivity contribution in [2.75, 3.05) is 17.3 Å². The van der Waals surface area contributed by atoms with E-state index in [1.165, 1.54) is 5.55 Å². The SMILES string of the molecule is CCSCCS1(O[Cl+3]([O-])([O-])[O-])C=Nc2ccccc21. The van der Waals surface area contributed by atoms with E-state index in [0.29, 0.717) is 16.3 Å². The summed E-state index contributed by atoms with van der Waals surface area (Å²) in [6, 6.07) is 7.16. The summed E-state index contributed by atoms with van der Waals surface area (Å²) in [5, 5.41) is 0. The van der Waals surface area contributed by atoms with Gasteiger partial charge in [-0.1, -0.05) is 19.1 Å². The van der Waals surface area contributed by atoms with Crippen molar-refractivity contribution in [3.05, 3.63) is 24.3 Å². The number of thioether (sulfide) groups is 1. The Balaban J connectivity index is 2.29. The van der Waals surface area contributed by atoms with Crippen LogP contribution in [-0.2, 0) is 3.74 Å². The first kappa shape index (κ1) is 15.1. The molecular weight excluding hydrogens is 310 g/mol. The van der Waals surface area contributed by atoms with Gasteiger partial charge in [-0.05, 0) is 17.9 Å². The van der Waals surface area contributed by atoms with Gasteiger partial charge in [0.15, 0.2) is 0 Å². The average molecular weight is 324 g/mol. The molecule has 1 heterocycles. The van der Waals surface area contributed by atoms with Gasteiger partial charge < -0.3 is 0 Å². The van der Waals surface area contributed by atoms with E-state index in [4.69, 9.17) is 3.74 Å². The highest BCUT2D eigenvalue weighted by Gasteiger charge is 2.45. The zero-order valence-electron chi connectivity index (χ0n) is 10.3. The minimum atomic E-state index is -4.47. The van der Waals surface area contributed by atoms with Crippen molar-refractivity contribution >= 4 is 33.3 Å². The highest BCUT2D eigenvalue weighted by atomic mass is 35.7. The molecule has 0 aliphatic carbocycles. The van der Waals surface area contributed by atoms with Crippen molar-refractivity contribution in [1.29, 1.82) is 0 Å². The summed E-state index contributed by atoms with van der Waals surface area (Å²) in [6.45, 7) is 2.02. The number of aliphatic imine (C=N–C) groups is 1. The first-order valence-electron chi connectivity index (χ1n) is 5.61. The standard InChI is InChI=1S/C11H14ClNO4S2/c1-2-18-7-8-19(17-12(14,15)16)9-13-10-5-3-4-6-11(10)19/h3-6,9H,2,7-8H2,1H3. The quantitative estimate of drug-likeness (QED) is 0.693. The Labute approximate surface area is 119 Å². The summed E-state index contributed by atoms with van der Waals surface area (Å²) in [6.07, 6.45) is 0. The molecule has 0 saturated heterocycles. The third-order valence-corrected chi connectivity index (χ3v) is 7.55. The molecule has 8 heteroatoms. The van der Waals surface area contributed by atoms with E-state index >= 15 is 0 Å². The van der Waals surface area contributed by atoms with Crippen LogP contribution in [0.25, 0.3) is 0 Å². The molecule has 1 aliphatic heterocycles. The number of fused-ring (bicyclic) bond motifs is 1. The topological polar surface area (TPSA) is 90.8 Å². The monoisotopic (exact) mass is 323 g/mol. The first-order chi connectivity index (χ1) is 8.97. The maximum atomic E-state index is 11.0. The van der Waals surface area contributed by atoms with E-state index < -0.39 is 20.6 Å². The van der Waals surface area contributed by atoms with E-state index in [1.807, 2.05) is 13.0 Å². The Hall–Kier alpha value is -0.280. The maximum absolute atomic E-state index is 11.0. The lowest BCUT2D eigenvalue weighted by molar-refractivity contribution is -1.91. The third kappa shape index (κ3) is 3.63. The Bertz CT molecular complexity index is 480. The number of benzene rings is 1. The van der Waals surface area contributed by atoms with E-state index in [2.05, 4.69) is 4.99 Å². The Morgan fingerprint density at radius 1 is 1.32 bits per heavy atom. The first-order valence-corrected chi connectivity index (χ1v) is 9.79. The van der Waals surface area contributed by atoms with Crippen LogP contribution < -0.4 is 14.0 Å². The number of hydrogen-bond donors (Lipinski definition) is 0. The van der Waals surface area contributed by atoms with Crippen molar-refractivity contribution in [3.8, 4) is 0 Å². The minimum Gasteiger partial charge on any atom is -0.247 e. The van der Waals surface area contributed by atoms with Crippen LogP contribution in [0.15, 0.2) is 34.2 Å². The van der Waals surface area contributed by atoms with Crippen LogP contribution in [0.2, 0.25) is 0 Å². The van der Waals surface area contributed by atoms with Gasteiger partial charge in [-0.15, -0.1) is 0 Å². The van der Waals surface area contributed by atoms with Gasteiger partial charge in [0.1, 0.15) is 3.74 Å². The highest BCUT2D eigenvalue weighted by Crippen LogP contribution is 2.62. The highest BCUT2D eigenvalue weighted by molar-refractivity contribution is 8.41. The number of hydrogen-bond acceptors (Lipinski definition) is 6. The van der Waals surface area contributed by atoms with Gasteiger partial charge in [-0.3, -0.25) is 0 Å². The molecule has 0 aromatic heterocycles. The van der Waals surface area contributed by atoms with E-state index in [9.17, 15) is 14.0 Å². The predicted molar refractivity (Wildman–Crippen MR) is 69.4 cm³/mol. The molecule has 0 spiro atoms. The van der Waals surface area contributed by atoms with Crippen molar-refractivity contribution in [3.63, 3.8) is 0 Å². The zero-order valence-corrected chi connectivity index (χ0v) is 12.7. The average Bonchev–Trinajstić information content (AvgIpc) is 2.68. The van der Waals surface area contributed by atoms with Crippen LogP contribution in [0.4, 0.5) is 5.69 Å². The molecule has 106 valence electrons. The van der Waals surface area contributed by atoms with Crippen molar-refractivity contribution in [2.45, 2.75) is 11.8 Å². The Morgan fingerprint density at radius 3 is 2.74 bits per heavy atom. The third-order valence-electron chi connectivity index (χ3n) is 2.52. The molecule has 0 fully saturated rings. The molecule has 0 N–H and O–H groups in total. The molecule has 1 aliphatic rings. The summed E-state index contributed by atoms with van der Waals surface area (Å²) in [5.41, 5.74) is 2.17. The maximum Gasteiger partial charge on any atom is 0.131 e. The van der Waals surface area contributed by atoms with Crippen LogP contribution in [-0.4, -0.2) is 22.8 Å². The normalized spacial score (nSPS) is 25.1. The summed E-state index contributed by atoms with van der Waals surface area (Å²) >= 11 is 1.67. The van der Waals surface area contributed by atoms with Gasteiger partial charge >= 0.3 is 0 Å². The molecule has 2 rings (SSSR count). The minimum absolute atomic E-state index is 0.473. The van der Waals surface area contributed by atoms with Gasteiger partial charge in [0.05, 0.1) is 36.7 Å². The second kappa shape index (κ2) is 6.01. The number of para-hydroxylation sites is 1. The fourth-order valence-corrected chi connectivity index (χ4v) is 6.78. The van der Waals surface area contributed by atoms with Crippen LogP contribution in [0.1, 0.15) is 6.92 Å². The zero-order chi connectivity index (χ0) is 13.9. The van der Waals surface area contributed by atoms with Crippen molar-refractivity contribution in [2.24, 2.45) is 4.99 Å². The summed E-state index contributed by atoms with van der Waals surface area (Å²) in [4.78, 5) is 4.89. The molecule has 5 nitrogen and oxygen atoms in total. The summed E-state index contributed by atoms with van der Waals surface area (Å²) in [5.74, 6) is 2.12. The van der Waals surface area contributed by atoms with Gasteiger partial charge in [0.25, 0.3) is 0 Å². The molecule has 1 unspecified atom stereocenters. The van der Waals surface area contributed by atoms with E-state index in [-0.39, 0.29) is 0 Å². The van der Waals surface area contributed by atoms with Gasteiger partial charge in [-0.25, -0.2) is 4.99 Å². The lowest BCUT2D eigenvalue weighted by Gasteiger charge is -2.28. The number of nitrogens with zero attached hydrogens (tertiary/aromatic N) is 1. The smallest absolute Gasteiger partial charge is 0.131 e. The lowest BCUT2D eigenvalue weighted by Crippen LogP contribution is -2.61.